The van der Waals surface area contributed by atoms with Gasteiger partial charge < -0.3 is 5.73 Å². The van der Waals surface area contributed by atoms with Crippen molar-refractivity contribution >= 4 is 27.3 Å². The van der Waals surface area contributed by atoms with E-state index in [-0.39, 0.29) is 11.5 Å². The van der Waals surface area contributed by atoms with E-state index >= 15 is 0 Å². The molecular formula is C15H18BrNS. The fourth-order valence-corrected chi connectivity index (χ4v) is 3.32. The van der Waals surface area contributed by atoms with Gasteiger partial charge in [-0.2, -0.15) is 0 Å². The molecule has 0 saturated carbocycles. The lowest BCUT2D eigenvalue weighted by atomic mass is 9.86. The first kappa shape index (κ1) is 13.8. The summed E-state index contributed by atoms with van der Waals surface area (Å²) in [4.78, 5) is 1.19. The molecule has 1 unspecified atom stereocenters. The van der Waals surface area contributed by atoms with Crippen molar-refractivity contribution in [2.45, 2.75) is 32.2 Å². The maximum absolute atomic E-state index is 6.28. The first-order valence-electron chi connectivity index (χ1n) is 5.98. The van der Waals surface area contributed by atoms with Crippen molar-refractivity contribution < 1.29 is 0 Å². The fraction of sp³-hybridized carbons (Fsp3) is 0.333. The molecule has 2 rings (SSSR count). The minimum atomic E-state index is -0.0321. The van der Waals surface area contributed by atoms with Gasteiger partial charge in [0.05, 0.1) is 6.04 Å². The highest BCUT2D eigenvalue weighted by Gasteiger charge is 2.15. The quantitative estimate of drug-likeness (QED) is 0.839. The van der Waals surface area contributed by atoms with Crippen molar-refractivity contribution in [1.82, 2.24) is 0 Å². The summed E-state index contributed by atoms with van der Waals surface area (Å²) in [6.07, 6.45) is 0. The van der Waals surface area contributed by atoms with Gasteiger partial charge in [-0.05, 0) is 38.5 Å². The first-order valence-corrected chi connectivity index (χ1v) is 7.65. The predicted octanol–water partition coefficient (Wildman–Crippen LogP) is 4.86. The molecule has 0 aliphatic heterocycles. The molecule has 1 heterocycles. The third-order valence-electron chi connectivity index (χ3n) is 3.03. The second kappa shape index (κ2) is 5.16. The van der Waals surface area contributed by atoms with Gasteiger partial charge in [-0.1, -0.05) is 45.0 Å². The van der Waals surface area contributed by atoms with Crippen LogP contribution in [0.3, 0.4) is 0 Å². The molecule has 1 aromatic heterocycles. The van der Waals surface area contributed by atoms with E-state index in [1.807, 2.05) is 0 Å². The number of rotatable bonds is 2. The van der Waals surface area contributed by atoms with Crippen LogP contribution < -0.4 is 5.73 Å². The highest BCUT2D eigenvalue weighted by atomic mass is 79.9. The van der Waals surface area contributed by atoms with E-state index in [2.05, 4.69) is 72.4 Å². The lowest BCUT2D eigenvalue weighted by molar-refractivity contribution is 0.590. The van der Waals surface area contributed by atoms with Gasteiger partial charge in [-0.25, -0.2) is 0 Å². The maximum Gasteiger partial charge on any atom is 0.0646 e. The van der Waals surface area contributed by atoms with E-state index in [4.69, 9.17) is 5.73 Å². The normalized spacial score (nSPS) is 13.6. The molecule has 0 aliphatic rings. The van der Waals surface area contributed by atoms with E-state index < -0.39 is 0 Å². The zero-order valence-electron chi connectivity index (χ0n) is 10.9. The zero-order valence-corrected chi connectivity index (χ0v) is 13.3. The van der Waals surface area contributed by atoms with E-state index in [0.29, 0.717) is 0 Å². The second-order valence-electron chi connectivity index (χ2n) is 5.52. The Kier molecular flexibility index (Phi) is 3.95. The highest BCUT2D eigenvalue weighted by Crippen LogP contribution is 2.30. The van der Waals surface area contributed by atoms with Crippen LogP contribution in [-0.4, -0.2) is 0 Å². The molecule has 0 bridgehead atoms. The molecular weight excluding hydrogens is 306 g/mol. The molecule has 1 nitrogen and oxygen atoms in total. The van der Waals surface area contributed by atoms with Gasteiger partial charge in [0, 0.05) is 14.7 Å². The molecule has 3 heteroatoms. The third kappa shape index (κ3) is 3.02. The molecule has 0 aliphatic carbocycles. The van der Waals surface area contributed by atoms with Crippen LogP contribution in [0.2, 0.25) is 0 Å². The largest absolute Gasteiger partial charge is 0.320 e. The summed E-state index contributed by atoms with van der Waals surface area (Å²) < 4.78 is 1.10. The van der Waals surface area contributed by atoms with Crippen molar-refractivity contribution in [3.8, 4) is 0 Å². The molecule has 1 atom stereocenters. The lowest BCUT2D eigenvalue weighted by Crippen LogP contribution is -2.13. The smallest absolute Gasteiger partial charge is 0.0646 e. The van der Waals surface area contributed by atoms with Crippen molar-refractivity contribution in [2.75, 3.05) is 0 Å². The van der Waals surface area contributed by atoms with Crippen molar-refractivity contribution in [1.29, 1.82) is 0 Å². The van der Waals surface area contributed by atoms with Crippen LogP contribution in [0.5, 0.6) is 0 Å². The number of thiophene rings is 1. The van der Waals surface area contributed by atoms with Crippen molar-refractivity contribution in [3.05, 3.63) is 56.2 Å². The Morgan fingerprint density at radius 1 is 1.17 bits per heavy atom. The monoisotopic (exact) mass is 323 g/mol. The molecule has 0 radical (unpaired) electrons. The number of nitrogens with two attached hydrogens (primary N) is 1. The van der Waals surface area contributed by atoms with E-state index in [1.54, 1.807) is 11.3 Å². The summed E-state index contributed by atoms with van der Waals surface area (Å²) in [7, 11) is 0. The Balaban J connectivity index is 2.24. The summed E-state index contributed by atoms with van der Waals surface area (Å²) in [6, 6.07) is 10.7. The first-order chi connectivity index (χ1) is 8.38. The number of hydrogen-bond acceptors (Lipinski definition) is 2. The van der Waals surface area contributed by atoms with E-state index in [1.165, 1.54) is 10.4 Å². The molecule has 96 valence electrons. The topological polar surface area (TPSA) is 26.0 Å². The Bertz CT molecular complexity index is 522. The Labute approximate surface area is 121 Å². The van der Waals surface area contributed by atoms with Crippen LogP contribution in [0.4, 0.5) is 0 Å². The maximum atomic E-state index is 6.28. The van der Waals surface area contributed by atoms with E-state index in [0.717, 1.165) is 10.0 Å². The Hall–Kier alpha value is -0.640. The summed E-state index contributed by atoms with van der Waals surface area (Å²) in [5, 5.41) is 2.07. The minimum absolute atomic E-state index is 0.0321. The molecule has 1 aromatic carbocycles. The predicted molar refractivity (Wildman–Crippen MR) is 83.2 cm³/mol. The lowest BCUT2D eigenvalue weighted by Gasteiger charge is -2.20. The van der Waals surface area contributed by atoms with Crippen molar-refractivity contribution in [3.63, 3.8) is 0 Å². The second-order valence-corrected chi connectivity index (χ2v) is 7.38. The highest BCUT2D eigenvalue weighted by molar-refractivity contribution is 9.10. The zero-order chi connectivity index (χ0) is 13.3. The standard InChI is InChI=1S/C15H18BrNS/c1-15(2,3)11-6-4-10(5-7-11)14(17)13-8-12(16)9-18-13/h4-9,14H,17H2,1-3H3. The molecule has 2 aromatic rings. The summed E-state index contributed by atoms with van der Waals surface area (Å²) in [5.74, 6) is 0. The molecule has 0 fully saturated rings. The Morgan fingerprint density at radius 2 is 1.78 bits per heavy atom. The molecule has 18 heavy (non-hydrogen) atoms. The minimum Gasteiger partial charge on any atom is -0.320 e. The average molecular weight is 324 g/mol. The third-order valence-corrected chi connectivity index (χ3v) is 4.81. The number of halogens is 1. The summed E-state index contributed by atoms with van der Waals surface area (Å²) in [5.41, 5.74) is 8.97. The van der Waals surface area contributed by atoms with Crippen LogP contribution in [0.1, 0.15) is 42.8 Å². The van der Waals surface area contributed by atoms with Crippen LogP contribution in [-0.2, 0) is 5.41 Å². The van der Waals surface area contributed by atoms with Gasteiger partial charge in [0.2, 0.25) is 0 Å². The van der Waals surface area contributed by atoms with Gasteiger partial charge in [0.15, 0.2) is 0 Å². The van der Waals surface area contributed by atoms with Gasteiger partial charge in [0.25, 0.3) is 0 Å². The number of hydrogen-bond donors (Lipinski definition) is 1. The molecule has 0 saturated heterocycles. The SMILES string of the molecule is CC(C)(C)c1ccc(C(N)c2cc(Br)cs2)cc1. The van der Waals surface area contributed by atoms with Gasteiger partial charge >= 0.3 is 0 Å². The fourth-order valence-electron chi connectivity index (χ4n) is 1.85. The molecule has 0 amide bonds. The van der Waals surface area contributed by atoms with Gasteiger partial charge in [0.1, 0.15) is 0 Å². The Morgan fingerprint density at radius 3 is 2.22 bits per heavy atom. The summed E-state index contributed by atoms with van der Waals surface area (Å²) in [6.45, 7) is 6.66. The molecule has 0 spiro atoms. The molecule has 2 N–H and O–H groups in total. The van der Waals surface area contributed by atoms with Crippen LogP contribution in [0.15, 0.2) is 40.2 Å². The van der Waals surface area contributed by atoms with Crippen LogP contribution in [0.25, 0.3) is 0 Å². The van der Waals surface area contributed by atoms with Gasteiger partial charge in [-0.15, -0.1) is 11.3 Å². The van der Waals surface area contributed by atoms with Crippen LogP contribution in [0, 0.1) is 0 Å². The van der Waals surface area contributed by atoms with Crippen LogP contribution >= 0.6 is 27.3 Å². The average Bonchev–Trinajstić information content (AvgIpc) is 2.74. The summed E-state index contributed by atoms with van der Waals surface area (Å²) >= 11 is 5.16. The number of benzene rings is 1. The van der Waals surface area contributed by atoms with Gasteiger partial charge in [-0.3, -0.25) is 0 Å². The van der Waals surface area contributed by atoms with Crippen molar-refractivity contribution in [2.24, 2.45) is 5.73 Å². The van der Waals surface area contributed by atoms with E-state index in [9.17, 15) is 0 Å².